The van der Waals surface area contributed by atoms with Gasteiger partial charge in [-0.3, -0.25) is 4.79 Å². The number of benzene rings is 2. The van der Waals surface area contributed by atoms with E-state index in [1.54, 1.807) is 36.4 Å². The van der Waals surface area contributed by atoms with Crippen LogP contribution in [0.2, 0.25) is 0 Å². The number of ether oxygens (including phenoxy) is 1. The molecule has 6 heteroatoms. The number of halogens is 1. The third kappa shape index (κ3) is 3.61. The van der Waals surface area contributed by atoms with Gasteiger partial charge in [-0.15, -0.1) is 0 Å². The summed E-state index contributed by atoms with van der Waals surface area (Å²) in [6, 6.07) is 12.1. The van der Waals surface area contributed by atoms with Crippen molar-refractivity contribution in [3.63, 3.8) is 0 Å². The molecule has 5 nitrogen and oxygen atoms in total. The van der Waals surface area contributed by atoms with Gasteiger partial charge in [0.2, 0.25) is 0 Å². The van der Waals surface area contributed by atoms with Crippen LogP contribution in [0.15, 0.2) is 52.0 Å². The Bertz CT molecular complexity index is 672. The maximum absolute atomic E-state index is 11.8. The smallest absolute Gasteiger partial charge is 0.271 e. The standard InChI is InChI=1S/C15H13BrN2O3/c1-21-14-12(16)8-7-11(13(14)19)9-17-18-15(20)10-5-3-2-4-6-10/h2-9,19H,1H3,(H,18,20)/b17-9+. The number of carbonyl (C=O) groups is 1. The zero-order chi connectivity index (χ0) is 15.2. The Morgan fingerprint density at radius 3 is 2.67 bits per heavy atom. The van der Waals surface area contributed by atoms with Crippen LogP contribution in [0.5, 0.6) is 11.5 Å². The lowest BCUT2D eigenvalue weighted by atomic mass is 10.2. The lowest BCUT2D eigenvalue weighted by molar-refractivity contribution is 0.0955. The fraction of sp³-hybridized carbons (Fsp3) is 0.0667. The first-order chi connectivity index (χ1) is 10.1. The normalized spacial score (nSPS) is 10.6. The molecule has 0 saturated carbocycles. The molecule has 108 valence electrons. The number of phenolic OH excluding ortho intramolecular Hbond substituents is 1. The summed E-state index contributed by atoms with van der Waals surface area (Å²) < 4.78 is 5.70. The average Bonchev–Trinajstić information content (AvgIpc) is 2.51. The maximum Gasteiger partial charge on any atom is 0.271 e. The molecule has 0 spiro atoms. The number of methoxy groups -OCH3 is 1. The van der Waals surface area contributed by atoms with Crippen LogP contribution in [0.1, 0.15) is 15.9 Å². The zero-order valence-corrected chi connectivity index (χ0v) is 12.8. The first kappa shape index (κ1) is 15.1. The van der Waals surface area contributed by atoms with Crippen LogP contribution >= 0.6 is 15.9 Å². The predicted octanol–water partition coefficient (Wildman–Crippen LogP) is 2.93. The van der Waals surface area contributed by atoms with Gasteiger partial charge < -0.3 is 9.84 Å². The van der Waals surface area contributed by atoms with Crippen LogP contribution in [-0.4, -0.2) is 24.3 Å². The summed E-state index contributed by atoms with van der Waals surface area (Å²) in [5, 5.41) is 13.8. The van der Waals surface area contributed by atoms with Crippen LogP contribution in [0.25, 0.3) is 0 Å². The molecule has 0 aromatic heterocycles. The van der Waals surface area contributed by atoms with E-state index in [2.05, 4.69) is 26.5 Å². The number of nitrogens with one attached hydrogen (secondary N) is 1. The van der Waals surface area contributed by atoms with Gasteiger partial charge in [0, 0.05) is 11.1 Å². The first-order valence-corrected chi connectivity index (χ1v) is 6.86. The molecule has 0 bridgehead atoms. The Morgan fingerprint density at radius 1 is 1.29 bits per heavy atom. The number of rotatable bonds is 4. The van der Waals surface area contributed by atoms with Crippen LogP contribution in [-0.2, 0) is 0 Å². The van der Waals surface area contributed by atoms with E-state index in [4.69, 9.17) is 4.74 Å². The number of hydrazone groups is 1. The van der Waals surface area contributed by atoms with Gasteiger partial charge in [-0.25, -0.2) is 5.43 Å². The van der Waals surface area contributed by atoms with E-state index in [-0.39, 0.29) is 11.7 Å². The maximum atomic E-state index is 11.8. The highest BCUT2D eigenvalue weighted by molar-refractivity contribution is 9.10. The fourth-order valence-corrected chi connectivity index (χ4v) is 2.16. The van der Waals surface area contributed by atoms with Gasteiger partial charge in [0.25, 0.3) is 5.91 Å². The largest absolute Gasteiger partial charge is 0.504 e. The van der Waals surface area contributed by atoms with Gasteiger partial charge in [-0.05, 0) is 40.2 Å². The van der Waals surface area contributed by atoms with Crippen molar-refractivity contribution >= 4 is 28.1 Å². The third-order valence-corrected chi connectivity index (χ3v) is 3.35. The summed E-state index contributed by atoms with van der Waals surface area (Å²) in [4.78, 5) is 11.8. The van der Waals surface area contributed by atoms with Crippen molar-refractivity contribution in [2.75, 3.05) is 7.11 Å². The summed E-state index contributed by atoms with van der Waals surface area (Å²) in [5.74, 6) is -0.0617. The van der Waals surface area contributed by atoms with E-state index in [0.29, 0.717) is 21.3 Å². The monoisotopic (exact) mass is 348 g/mol. The number of aromatic hydroxyl groups is 1. The summed E-state index contributed by atoms with van der Waals surface area (Å²) >= 11 is 3.26. The molecule has 1 amide bonds. The molecule has 0 unspecified atom stereocenters. The zero-order valence-electron chi connectivity index (χ0n) is 11.2. The SMILES string of the molecule is COc1c(Br)ccc(/C=N/NC(=O)c2ccccc2)c1O. The van der Waals surface area contributed by atoms with Gasteiger partial charge in [0.15, 0.2) is 11.5 Å². The van der Waals surface area contributed by atoms with Crippen LogP contribution in [0.4, 0.5) is 0 Å². The molecule has 21 heavy (non-hydrogen) atoms. The molecule has 0 aliphatic carbocycles. The van der Waals surface area contributed by atoms with Crippen LogP contribution < -0.4 is 10.2 Å². The Labute approximate surface area is 130 Å². The van der Waals surface area contributed by atoms with Crippen LogP contribution in [0.3, 0.4) is 0 Å². The van der Waals surface area contributed by atoms with Crippen molar-refractivity contribution in [2.24, 2.45) is 5.10 Å². The topological polar surface area (TPSA) is 70.9 Å². The predicted molar refractivity (Wildman–Crippen MR) is 83.9 cm³/mol. The fourth-order valence-electron chi connectivity index (χ4n) is 1.67. The van der Waals surface area contributed by atoms with E-state index in [1.807, 2.05) is 6.07 Å². The highest BCUT2D eigenvalue weighted by atomic mass is 79.9. The minimum absolute atomic E-state index is 0.0513. The second-order valence-corrected chi connectivity index (χ2v) is 4.94. The van der Waals surface area contributed by atoms with Gasteiger partial charge in [-0.2, -0.15) is 5.10 Å². The summed E-state index contributed by atoms with van der Waals surface area (Å²) in [7, 11) is 1.46. The molecule has 0 atom stereocenters. The summed E-state index contributed by atoms with van der Waals surface area (Å²) in [6.07, 6.45) is 1.35. The molecule has 2 aromatic carbocycles. The van der Waals surface area contributed by atoms with E-state index < -0.39 is 0 Å². The summed E-state index contributed by atoms with van der Waals surface area (Å²) in [6.45, 7) is 0. The minimum atomic E-state index is -0.324. The molecule has 0 saturated heterocycles. The van der Waals surface area contributed by atoms with E-state index in [1.165, 1.54) is 13.3 Å². The highest BCUT2D eigenvalue weighted by Gasteiger charge is 2.10. The average molecular weight is 349 g/mol. The van der Waals surface area contributed by atoms with Crippen molar-refractivity contribution in [1.29, 1.82) is 0 Å². The lowest BCUT2D eigenvalue weighted by Crippen LogP contribution is -2.17. The van der Waals surface area contributed by atoms with Gasteiger partial charge in [0.05, 0.1) is 17.8 Å². The Balaban J connectivity index is 2.10. The molecular weight excluding hydrogens is 336 g/mol. The molecule has 0 radical (unpaired) electrons. The van der Waals surface area contributed by atoms with Gasteiger partial charge in [0.1, 0.15) is 0 Å². The second kappa shape index (κ2) is 6.90. The highest BCUT2D eigenvalue weighted by Crippen LogP contribution is 2.36. The van der Waals surface area contributed by atoms with Crippen molar-refractivity contribution < 1.29 is 14.6 Å². The van der Waals surface area contributed by atoms with Gasteiger partial charge >= 0.3 is 0 Å². The van der Waals surface area contributed by atoms with E-state index >= 15 is 0 Å². The number of phenols is 1. The molecule has 0 aliphatic rings. The lowest BCUT2D eigenvalue weighted by Gasteiger charge is -2.07. The molecule has 0 fully saturated rings. The summed E-state index contributed by atoms with van der Waals surface area (Å²) in [5.41, 5.74) is 3.33. The molecule has 2 rings (SSSR count). The Morgan fingerprint density at radius 2 is 2.00 bits per heavy atom. The first-order valence-electron chi connectivity index (χ1n) is 6.07. The number of hydrogen-bond donors (Lipinski definition) is 2. The number of amides is 1. The minimum Gasteiger partial charge on any atom is -0.504 e. The van der Waals surface area contributed by atoms with Crippen molar-refractivity contribution in [2.45, 2.75) is 0 Å². The second-order valence-electron chi connectivity index (χ2n) is 4.08. The number of carbonyl (C=O) groups excluding carboxylic acids is 1. The quantitative estimate of drug-likeness (QED) is 0.659. The van der Waals surface area contributed by atoms with Crippen molar-refractivity contribution in [3.05, 3.63) is 58.1 Å². The Hall–Kier alpha value is -2.34. The third-order valence-electron chi connectivity index (χ3n) is 2.72. The molecule has 2 aromatic rings. The number of nitrogens with zero attached hydrogens (tertiary/aromatic N) is 1. The van der Waals surface area contributed by atoms with E-state index in [9.17, 15) is 9.90 Å². The van der Waals surface area contributed by atoms with Crippen molar-refractivity contribution in [1.82, 2.24) is 5.43 Å². The molecule has 2 N–H and O–H groups in total. The molecule has 0 heterocycles. The van der Waals surface area contributed by atoms with E-state index in [0.717, 1.165) is 0 Å². The van der Waals surface area contributed by atoms with Gasteiger partial charge in [-0.1, -0.05) is 18.2 Å². The van der Waals surface area contributed by atoms with Crippen LogP contribution in [0, 0.1) is 0 Å². The van der Waals surface area contributed by atoms with Crippen molar-refractivity contribution in [3.8, 4) is 11.5 Å². The molecule has 0 aliphatic heterocycles. The molecular formula is C15H13BrN2O3. The Kier molecular flexibility index (Phi) is 4.94. The number of hydrogen-bond acceptors (Lipinski definition) is 4.